The summed E-state index contributed by atoms with van der Waals surface area (Å²) in [5.74, 6) is -0.137. The summed E-state index contributed by atoms with van der Waals surface area (Å²) >= 11 is 13.8. The second-order valence-corrected chi connectivity index (χ2v) is 10.1. The van der Waals surface area contributed by atoms with Gasteiger partial charge in [0.2, 0.25) is 11.8 Å². The molecule has 0 saturated heterocycles. The lowest BCUT2D eigenvalue weighted by Gasteiger charge is -2.32. The van der Waals surface area contributed by atoms with Crippen LogP contribution in [0.2, 0.25) is 10.0 Å². The fourth-order valence-electron chi connectivity index (χ4n) is 3.50. The van der Waals surface area contributed by atoms with Gasteiger partial charge in [0.05, 0.1) is 5.75 Å². The van der Waals surface area contributed by atoms with E-state index in [-0.39, 0.29) is 30.2 Å². The molecule has 3 aromatic carbocycles. The van der Waals surface area contributed by atoms with E-state index in [1.807, 2.05) is 74.5 Å². The number of nitrogens with zero attached hydrogens (tertiary/aromatic N) is 1. The van der Waals surface area contributed by atoms with E-state index < -0.39 is 6.04 Å². The molecule has 0 spiro atoms. The van der Waals surface area contributed by atoms with E-state index in [1.165, 1.54) is 11.8 Å². The maximum Gasteiger partial charge on any atom is 0.243 e. The number of thioether (sulfide) groups is 1. The molecule has 3 aromatic rings. The molecule has 7 heteroatoms. The highest BCUT2D eigenvalue weighted by atomic mass is 35.5. The van der Waals surface area contributed by atoms with Gasteiger partial charge in [0.15, 0.2) is 0 Å². The number of carbonyl (C=O) groups is 2. The maximum absolute atomic E-state index is 13.6. The molecule has 1 atom stereocenters. The van der Waals surface area contributed by atoms with Crippen molar-refractivity contribution >= 4 is 46.8 Å². The van der Waals surface area contributed by atoms with Crippen molar-refractivity contribution < 1.29 is 9.59 Å². The van der Waals surface area contributed by atoms with E-state index in [1.54, 1.807) is 23.1 Å². The fraction of sp³-hybridized carbons (Fsp3) is 0.259. The minimum atomic E-state index is -0.681. The van der Waals surface area contributed by atoms with Crippen LogP contribution in [-0.4, -0.2) is 34.6 Å². The summed E-state index contributed by atoms with van der Waals surface area (Å²) in [4.78, 5) is 29.5. The molecule has 4 nitrogen and oxygen atoms in total. The van der Waals surface area contributed by atoms with Gasteiger partial charge >= 0.3 is 0 Å². The average Bonchev–Trinajstić information content (AvgIpc) is 2.82. The molecular formula is C27H28Cl2N2O2S. The average molecular weight is 516 g/mol. The van der Waals surface area contributed by atoms with Crippen molar-refractivity contribution in [1.29, 1.82) is 0 Å². The summed E-state index contributed by atoms with van der Waals surface area (Å²) in [5, 5.41) is 4.20. The Morgan fingerprint density at radius 2 is 1.56 bits per heavy atom. The second kappa shape index (κ2) is 12.8. The molecule has 0 unspecified atom stereocenters. The van der Waals surface area contributed by atoms with Crippen LogP contribution >= 0.6 is 35.0 Å². The zero-order valence-corrected chi connectivity index (χ0v) is 21.5. The van der Waals surface area contributed by atoms with Gasteiger partial charge in [-0.3, -0.25) is 9.59 Å². The Morgan fingerprint density at radius 1 is 0.912 bits per heavy atom. The first kappa shape index (κ1) is 26.1. The summed E-state index contributed by atoms with van der Waals surface area (Å²) in [6, 6.07) is 23.8. The molecule has 2 amide bonds. The second-order valence-electron chi connectivity index (χ2n) is 8.22. The van der Waals surface area contributed by atoms with Crippen molar-refractivity contribution in [2.24, 2.45) is 0 Å². The molecule has 0 bridgehead atoms. The molecule has 0 fully saturated rings. The van der Waals surface area contributed by atoms with Gasteiger partial charge < -0.3 is 10.2 Å². The van der Waals surface area contributed by atoms with Crippen LogP contribution in [0.15, 0.2) is 83.8 Å². The molecule has 0 aliphatic carbocycles. The van der Waals surface area contributed by atoms with Crippen LogP contribution in [0.1, 0.15) is 25.0 Å². The van der Waals surface area contributed by atoms with Gasteiger partial charge in [-0.1, -0.05) is 71.7 Å². The topological polar surface area (TPSA) is 49.4 Å². The summed E-state index contributed by atoms with van der Waals surface area (Å²) in [7, 11) is 0. The summed E-state index contributed by atoms with van der Waals surface area (Å²) in [6.07, 6.45) is 0.404. The monoisotopic (exact) mass is 514 g/mol. The third kappa shape index (κ3) is 7.79. The molecular weight excluding hydrogens is 487 g/mol. The highest BCUT2D eigenvalue weighted by Gasteiger charge is 2.31. The van der Waals surface area contributed by atoms with Crippen molar-refractivity contribution in [2.75, 3.05) is 5.75 Å². The first-order valence-corrected chi connectivity index (χ1v) is 12.8. The largest absolute Gasteiger partial charge is 0.352 e. The van der Waals surface area contributed by atoms with Crippen LogP contribution in [0.5, 0.6) is 0 Å². The standard InChI is InChI=1S/C27H28Cl2N2O2S/c1-19(2)30-27(33)25(16-20-8-4-3-5-9-20)31(17-21-10-6-7-11-24(21)29)26(32)18-34-23-14-12-22(28)13-15-23/h3-15,19,25H,16-18H2,1-2H3,(H,30,33)/t25-/m1/s1. The minimum Gasteiger partial charge on any atom is -0.352 e. The molecule has 3 rings (SSSR count). The van der Waals surface area contributed by atoms with E-state index in [4.69, 9.17) is 23.2 Å². The normalized spacial score (nSPS) is 11.8. The molecule has 1 N–H and O–H groups in total. The summed E-state index contributed by atoms with van der Waals surface area (Å²) in [5.41, 5.74) is 1.78. The van der Waals surface area contributed by atoms with E-state index in [2.05, 4.69) is 5.32 Å². The lowest BCUT2D eigenvalue weighted by molar-refractivity contribution is -0.139. The highest BCUT2D eigenvalue weighted by Crippen LogP contribution is 2.24. The van der Waals surface area contributed by atoms with Crippen molar-refractivity contribution in [3.8, 4) is 0 Å². The summed E-state index contributed by atoms with van der Waals surface area (Å²) in [6.45, 7) is 4.06. The van der Waals surface area contributed by atoms with Crippen LogP contribution in [0.25, 0.3) is 0 Å². The first-order chi connectivity index (χ1) is 16.3. The Morgan fingerprint density at radius 3 is 2.21 bits per heavy atom. The van der Waals surface area contributed by atoms with Crippen molar-refractivity contribution in [3.05, 3.63) is 100 Å². The minimum absolute atomic E-state index is 0.0496. The molecule has 0 aliphatic rings. The van der Waals surface area contributed by atoms with Crippen LogP contribution in [0.3, 0.4) is 0 Å². The third-order valence-electron chi connectivity index (χ3n) is 5.18. The Balaban J connectivity index is 1.91. The van der Waals surface area contributed by atoms with Gasteiger partial charge in [-0.05, 0) is 55.3 Å². The smallest absolute Gasteiger partial charge is 0.243 e. The van der Waals surface area contributed by atoms with Crippen LogP contribution in [0.4, 0.5) is 0 Å². The predicted molar refractivity (Wildman–Crippen MR) is 141 cm³/mol. The number of amides is 2. The van der Waals surface area contributed by atoms with E-state index >= 15 is 0 Å². The first-order valence-electron chi connectivity index (χ1n) is 11.1. The molecule has 0 heterocycles. The van der Waals surface area contributed by atoms with E-state index in [0.717, 1.165) is 16.0 Å². The van der Waals surface area contributed by atoms with Gasteiger partial charge in [0, 0.05) is 33.9 Å². The van der Waals surface area contributed by atoms with Crippen molar-refractivity contribution in [3.63, 3.8) is 0 Å². The lowest BCUT2D eigenvalue weighted by Crippen LogP contribution is -2.52. The van der Waals surface area contributed by atoms with Gasteiger partial charge in [0.1, 0.15) is 6.04 Å². The molecule has 0 aliphatic heterocycles. The van der Waals surface area contributed by atoms with Gasteiger partial charge in [-0.2, -0.15) is 0 Å². The number of rotatable bonds is 10. The van der Waals surface area contributed by atoms with Gasteiger partial charge in [0.25, 0.3) is 0 Å². The SMILES string of the molecule is CC(C)NC(=O)[C@@H](Cc1ccccc1)N(Cc1ccccc1Cl)C(=O)CSc1ccc(Cl)cc1. The number of hydrogen-bond donors (Lipinski definition) is 1. The summed E-state index contributed by atoms with van der Waals surface area (Å²) < 4.78 is 0. The molecule has 0 saturated carbocycles. The number of carbonyl (C=O) groups excluding carboxylic acids is 2. The van der Waals surface area contributed by atoms with Gasteiger partial charge in [-0.25, -0.2) is 0 Å². The fourth-order valence-corrected chi connectivity index (χ4v) is 4.61. The van der Waals surface area contributed by atoms with Crippen molar-refractivity contribution in [1.82, 2.24) is 10.2 Å². The Labute approximate surface area is 215 Å². The van der Waals surface area contributed by atoms with E-state index in [9.17, 15) is 9.59 Å². The number of halogens is 2. The molecule has 34 heavy (non-hydrogen) atoms. The Bertz CT molecular complexity index is 1090. The van der Waals surface area contributed by atoms with Gasteiger partial charge in [-0.15, -0.1) is 11.8 Å². The van der Waals surface area contributed by atoms with Crippen molar-refractivity contribution in [2.45, 2.75) is 43.8 Å². The predicted octanol–water partition coefficient (Wildman–Crippen LogP) is 6.25. The highest BCUT2D eigenvalue weighted by molar-refractivity contribution is 8.00. The van der Waals surface area contributed by atoms with Crippen LogP contribution in [0, 0.1) is 0 Å². The zero-order valence-electron chi connectivity index (χ0n) is 19.2. The van der Waals surface area contributed by atoms with E-state index in [0.29, 0.717) is 16.5 Å². The molecule has 0 aromatic heterocycles. The number of benzene rings is 3. The number of nitrogens with one attached hydrogen (secondary N) is 1. The number of hydrogen-bond acceptors (Lipinski definition) is 3. The molecule has 0 radical (unpaired) electrons. The lowest BCUT2D eigenvalue weighted by atomic mass is 10.0. The zero-order chi connectivity index (χ0) is 24.5. The quantitative estimate of drug-likeness (QED) is 0.325. The molecule has 178 valence electrons. The van der Waals surface area contributed by atoms with Crippen LogP contribution in [-0.2, 0) is 22.6 Å². The van der Waals surface area contributed by atoms with Crippen LogP contribution < -0.4 is 5.32 Å². The maximum atomic E-state index is 13.6. The Hall–Kier alpha value is -2.47. The third-order valence-corrected chi connectivity index (χ3v) is 6.79. The Kier molecular flexibility index (Phi) is 9.87.